The summed E-state index contributed by atoms with van der Waals surface area (Å²) < 4.78 is 13.9. The molecule has 0 radical (unpaired) electrons. The van der Waals surface area contributed by atoms with Crippen molar-refractivity contribution in [1.29, 1.82) is 0 Å². The summed E-state index contributed by atoms with van der Waals surface area (Å²) in [4.78, 5) is 28.7. The second-order valence-corrected chi connectivity index (χ2v) is 7.24. The van der Waals surface area contributed by atoms with Gasteiger partial charge in [0.05, 0.1) is 43.7 Å². The third-order valence-corrected chi connectivity index (χ3v) is 5.07. The number of hydrogen-bond donors (Lipinski definition) is 0. The van der Waals surface area contributed by atoms with E-state index in [0.29, 0.717) is 38.5 Å². The van der Waals surface area contributed by atoms with Crippen LogP contribution in [0.2, 0.25) is 0 Å². The molecular formula is C21H24N4O4. The highest BCUT2D eigenvalue weighted by Gasteiger charge is 2.30. The summed E-state index contributed by atoms with van der Waals surface area (Å²) in [6, 6.07) is 5.15. The largest absolute Gasteiger partial charge is 0.462 e. The average molecular weight is 396 g/mol. The molecule has 0 aromatic carbocycles. The molecule has 152 valence electrons. The van der Waals surface area contributed by atoms with Crippen LogP contribution < -0.4 is 5.56 Å². The monoisotopic (exact) mass is 396 g/mol. The number of ether oxygens (including phenoxy) is 2. The van der Waals surface area contributed by atoms with E-state index in [9.17, 15) is 9.59 Å². The molecule has 29 heavy (non-hydrogen) atoms. The topological polar surface area (TPSA) is 87.7 Å². The highest BCUT2D eigenvalue weighted by molar-refractivity contribution is 5.90. The van der Waals surface area contributed by atoms with Crippen LogP contribution in [-0.2, 0) is 22.6 Å². The molecular weight excluding hydrogens is 372 g/mol. The van der Waals surface area contributed by atoms with E-state index in [2.05, 4.69) is 16.2 Å². The van der Waals surface area contributed by atoms with Gasteiger partial charge < -0.3 is 14.0 Å². The highest BCUT2D eigenvalue weighted by Crippen LogP contribution is 2.27. The average Bonchev–Trinajstić information content (AvgIpc) is 3.07. The van der Waals surface area contributed by atoms with Crippen LogP contribution in [0, 0.1) is 5.92 Å². The fraction of sp³-hybridized carbons (Fsp3) is 0.429. The van der Waals surface area contributed by atoms with E-state index in [1.165, 1.54) is 0 Å². The van der Waals surface area contributed by atoms with E-state index >= 15 is 0 Å². The summed E-state index contributed by atoms with van der Waals surface area (Å²) in [7, 11) is 0. The number of hydrogen-bond acceptors (Lipinski definition) is 6. The quantitative estimate of drug-likeness (QED) is 0.668. The summed E-state index contributed by atoms with van der Waals surface area (Å²) in [6.45, 7) is 4.35. The van der Waals surface area contributed by atoms with Gasteiger partial charge in [0.1, 0.15) is 5.56 Å². The van der Waals surface area contributed by atoms with Crippen LogP contribution >= 0.6 is 0 Å². The molecule has 8 nitrogen and oxygen atoms in total. The SMILES string of the molecule is CCOC(=O)c1cn(CC2=CCC(Cn3ccccc3=O)C=N2)nc1C1COC1. The molecule has 2 aromatic heterocycles. The molecule has 1 saturated heterocycles. The van der Waals surface area contributed by atoms with Crippen LogP contribution in [0.5, 0.6) is 0 Å². The molecule has 0 bridgehead atoms. The number of carbonyl (C=O) groups excluding carboxylic acids is 1. The lowest BCUT2D eigenvalue weighted by atomic mass is 10.0. The van der Waals surface area contributed by atoms with Crippen LogP contribution in [-0.4, -0.2) is 46.4 Å². The smallest absolute Gasteiger partial charge is 0.341 e. The summed E-state index contributed by atoms with van der Waals surface area (Å²) >= 11 is 0. The molecule has 0 aliphatic carbocycles. The Kier molecular flexibility index (Phi) is 5.71. The first-order valence-corrected chi connectivity index (χ1v) is 9.85. The first-order valence-electron chi connectivity index (χ1n) is 9.85. The van der Waals surface area contributed by atoms with Crippen LogP contribution in [0.3, 0.4) is 0 Å². The Balaban J connectivity index is 1.43. The summed E-state index contributed by atoms with van der Waals surface area (Å²) in [6.07, 6.45) is 8.29. The number of esters is 1. The fourth-order valence-corrected chi connectivity index (χ4v) is 3.44. The van der Waals surface area contributed by atoms with Gasteiger partial charge in [-0.05, 0) is 19.4 Å². The van der Waals surface area contributed by atoms with Gasteiger partial charge in [0.15, 0.2) is 0 Å². The minimum atomic E-state index is -0.352. The van der Waals surface area contributed by atoms with Gasteiger partial charge in [-0.2, -0.15) is 5.10 Å². The van der Waals surface area contributed by atoms with Gasteiger partial charge in [-0.1, -0.05) is 12.1 Å². The molecule has 1 unspecified atom stereocenters. The predicted octanol–water partition coefficient (Wildman–Crippen LogP) is 2.01. The van der Waals surface area contributed by atoms with Crippen LogP contribution in [0.1, 0.15) is 35.3 Å². The first-order chi connectivity index (χ1) is 14.1. The molecule has 2 aliphatic rings. The zero-order valence-electron chi connectivity index (χ0n) is 16.4. The van der Waals surface area contributed by atoms with E-state index in [0.717, 1.165) is 17.8 Å². The molecule has 4 rings (SSSR count). The molecule has 4 heterocycles. The number of aromatic nitrogens is 3. The van der Waals surface area contributed by atoms with Gasteiger partial charge in [0.2, 0.25) is 0 Å². The Labute approximate surface area is 168 Å². The van der Waals surface area contributed by atoms with E-state index in [-0.39, 0.29) is 23.4 Å². The Hall–Kier alpha value is -3.00. The van der Waals surface area contributed by atoms with Crippen molar-refractivity contribution in [3.63, 3.8) is 0 Å². The summed E-state index contributed by atoms with van der Waals surface area (Å²) in [5.74, 6) is -0.0440. The van der Waals surface area contributed by atoms with Crippen LogP contribution in [0.15, 0.2) is 52.2 Å². The molecule has 0 saturated carbocycles. The lowest BCUT2D eigenvalue weighted by molar-refractivity contribution is 0.00573. The van der Waals surface area contributed by atoms with Gasteiger partial charge in [0, 0.05) is 37.1 Å². The molecule has 0 N–H and O–H groups in total. The molecule has 2 aromatic rings. The Morgan fingerprint density at radius 1 is 1.34 bits per heavy atom. The number of pyridine rings is 1. The summed E-state index contributed by atoms with van der Waals surface area (Å²) in [5.41, 5.74) is 2.11. The fourth-order valence-electron chi connectivity index (χ4n) is 3.44. The lowest BCUT2D eigenvalue weighted by Crippen LogP contribution is -2.27. The van der Waals surface area contributed by atoms with Gasteiger partial charge in [-0.25, -0.2) is 4.79 Å². The number of aliphatic imine (C=N–C) groups is 1. The third kappa shape index (κ3) is 4.37. The number of rotatable bonds is 7. The Morgan fingerprint density at radius 2 is 2.21 bits per heavy atom. The third-order valence-electron chi connectivity index (χ3n) is 5.07. The van der Waals surface area contributed by atoms with Crippen molar-refractivity contribution >= 4 is 12.2 Å². The van der Waals surface area contributed by atoms with Crippen molar-refractivity contribution in [1.82, 2.24) is 14.3 Å². The highest BCUT2D eigenvalue weighted by atomic mass is 16.5. The minimum Gasteiger partial charge on any atom is -0.462 e. The van der Waals surface area contributed by atoms with Gasteiger partial charge in [-0.3, -0.25) is 14.5 Å². The van der Waals surface area contributed by atoms with E-state index < -0.39 is 0 Å². The van der Waals surface area contributed by atoms with Crippen molar-refractivity contribution in [3.8, 4) is 0 Å². The molecule has 0 amide bonds. The number of allylic oxidation sites excluding steroid dienone is 2. The molecule has 8 heteroatoms. The molecule has 2 aliphatic heterocycles. The number of carbonyl (C=O) groups is 1. The van der Waals surface area contributed by atoms with Crippen LogP contribution in [0.4, 0.5) is 0 Å². The van der Waals surface area contributed by atoms with Gasteiger partial charge in [-0.15, -0.1) is 0 Å². The van der Waals surface area contributed by atoms with Gasteiger partial charge in [0.25, 0.3) is 5.56 Å². The lowest BCUT2D eigenvalue weighted by Gasteiger charge is -2.24. The van der Waals surface area contributed by atoms with E-state index in [4.69, 9.17) is 9.47 Å². The van der Waals surface area contributed by atoms with Crippen molar-refractivity contribution in [3.05, 3.63) is 64.0 Å². The molecule has 1 fully saturated rings. The normalized spacial score (nSPS) is 18.9. The van der Waals surface area contributed by atoms with Crippen molar-refractivity contribution in [2.75, 3.05) is 19.8 Å². The molecule has 1 atom stereocenters. The zero-order chi connectivity index (χ0) is 20.2. The van der Waals surface area contributed by atoms with Crippen molar-refractivity contribution < 1.29 is 14.3 Å². The minimum absolute atomic E-state index is 0.00813. The maximum Gasteiger partial charge on any atom is 0.341 e. The van der Waals surface area contributed by atoms with Crippen molar-refractivity contribution in [2.24, 2.45) is 10.9 Å². The maximum absolute atomic E-state index is 12.3. The predicted molar refractivity (Wildman–Crippen MR) is 107 cm³/mol. The maximum atomic E-state index is 12.3. The van der Waals surface area contributed by atoms with E-state index in [1.54, 1.807) is 40.7 Å². The van der Waals surface area contributed by atoms with Crippen molar-refractivity contribution in [2.45, 2.75) is 32.4 Å². The Bertz CT molecular complexity index is 1000. The number of nitrogens with zero attached hydrogens (tertiary/aromatic N) is 4. The standard InChI is InChI=1S/C21H24N4O4/c1-2-29-21(27)18-12-25(23-20(18)16-13-28-14-16)11-17-7-6-15(9-22-17)10-24-8-4-3-5-19(24)26/h3-5,7-9,12,15-16H,2,6,10-11,13-14H2,1H3. The second kappa shape index (κ2) is 8.57. The van der Waals surface area contributed by atoms with E-state index in [1.807, 2.05) is 12.3 Å². The second-order valence-electron chi connectivity index (χ2n) is 7.24. The molecule has 0 spiro atoms. The summed E-state index contributed by atoms with van der Waals surface area (Å²) in [5, 5.41) is 4.60. The van der Waals surface area contributed by atoms with Gasteiger partial charge >= 0.3 is 5.97 Å². The Morgan fingerprint density at radius 3 is 2.86 bits per heavy atom. The van der Waals surface area contributed by atoms with Crippen LogP contribution in [0.25, 0.3) is 0 Å². The first kappa shape index (κ1) is 19.3. The zero-order valence-corrected chi connectivity index (χ0v) is 16.4.